The molecule has 1 unspecified atom stereocenters. The Labute approximate surface area is 117 Å². The molecule has 0 aliphatic carbocycles. The van der Waals surface area contributed by atoms with Crippen LogP contribution >= 0.6 is 22.9 Å². The van der Waals surface area contributed by atoms with E-state index < -0.39 is 0 Å². The third kappa shape index (κ3) is 2.55. The van der Waals surface area contributed by atoms with Crippen molar-refractivity contribution in [1.29, 1.82) is 0 Å². The van der Waals surface area contributed by atoms with Crippen LogP contribution in [0.25, 0.3) is 0 Å². The van der Waals surface area contributed by atoms with Crippen LogP contribution in [0.2, 0.25) is 0 Å². The van der Waals surface area contributed by atoms with Gasteiger partial charge in [-0.2, -0.15) is 0 Å². The van der Waals surface area contributed by atoms with Crippen molar-refractivity contribution in [2.75, 3.05) is 7.11 Å². The number of halogens is 1. The summed E-state index contributed by atoms with van der Waals surface area (Å²) in [5.41, 5.74) is 3.49. The summed E-state index contributed by atoms with van der Waals surface area (Å²) in [5.74, 6) is 0.853. The van der Waals surface area contributed by atoms with Gasteiger partial charge in [-0.1, -0.05) is 17.7 Å². The lowest BCUT2D eigenvalue weighted by molar-refractivity contribution is 0.410. The Balaban J connectivity index is 2.48. The average molecular weight is 281 g/mol. The quantitative estimate of drug-likeness (QED) is 0.718. The summed E-state index contributed by atoms with van der Waals surface area (Å²) < 4.78 is 5.41. The number of benzene rings is 1. The zero-order valence-corrected chi connectivity index (χ0v) is 12.7. The number of alkyl halides is 1. The zero-order valence-electron chi connectivity index (χ0n) is 11.1. The van der Waals surface area contributed by atoms with E-state index in [9.17, 15) is 0 Å². The van der Waals surface area contributed by atoms with E-state index >= 15 is 0 Å². The highest BCUT2D eigenvalue weighted by Crippen LogP contribution is 2.40. The molecule has 18 heavy (non-hydrogen) atoms. The van der Waals surface area contributed by atoms with Gasteiger partial charge in [0.2, 0.25) is 0 Å². The van der Waals surface area contributed by atoms with Crippen molar-refractivity contribution >= 4 is 22.9 Å². The highest BCUT2D eigenvalue weighted by molar-refractivity contribution is 7.12. The highest BCUT2D eigenvalue weighted by atomic mass is 35.5. The molecule has 96 valence electrons. The molecule has 0 fully saturated rings. The van der Waals surface area contributed by atoms with Gasteiger partial charge in [-0.3, -0.25) is 0 Å². The number of rotatable bonds is 3. The van der Waals surface area contributed by atoms with E-state index in [4.69, 9.17) is 16.3 Å². The molecule has 1 aromatic carbocycles. The molecule has 0 radical (unpaired) electrons. The van der Waals surface area contributed by atoms with Crippen LogP contribution in [-0.2, 0) is 0 Å². The first-order valence-corrected chi connectivity index (χ1v) is 7.13. The van der Waals surface area contributed by atoms with E-state index in [0.29, 0.717) is 0 Å². The summed E-state index contributed by atoms with van der Waals surface area (Å²) in [6.45, 7) is 6.29. The Morgan fingerprint density at radius 2 is 1.89 bits per heavy atom. The van der Waals surface area contributed by atoms with Gasteiger partial charge in [0.25, 0.3) is 0 Å². The van der Waals surface area contributed by atoms with Crippen molar-refractivity contribution in [3.8, 4) is 5.75 Å². The fourth-order valence-electron chi connectivity index (χ4n) is 2.10. The Morgan fingerprint density at radius 3 is 2.44 bits per heavy atom. The Morgan fingerprint density at radius 1 is 1.17 bits per heavy atom. The van der Waals surface area contributed by atoms with Crippen molar-refractivity contribution in [2.24, 2.45) is 0 Å². The molecule has 2 rings (SSSR count). The summed E-state index contributed by atoms with van der Waals surface area (Å²) in [5, 5.41) is -0.140. The molecule has 1 nitrogen and oxygen atoms in total. The second kappa shape index (κ2) is 5.33. The van der Waals surface area contributed by atoms with E-state index in [-0.39, 0.29) is 5.38 Å². The van der Waals surface area contributed by atoms with Gasteiger partial charge in [0.15, 0.2) is 0 Å². The standard InChI is InChI=1S/C15H17ClOS/c1-9-5-6-13(17-4)12(7-9)14(16)15-10(2)8-11(3)18-15/h5-8,14H,1-4H3. The van der Waals surface area contributed by atoms with E-state index in [0.717, 1.165) is 11.3 Å². The zero-order chi connectivity index (χ0) is 13.3. The highest BCUT2D eigenvalue weighted by Gasteiger charge is 2.19. The van der Waals surface area contributed by atoms with Crippen molar-refractivity contribution in [1.82, 2.24) is 0 Å². The molecule has 1 heterocycles. The summed E-state index contributed by atoms with van der Waals surface area (Å²) in [7, 11) is 1.68. The second-order valence-electron chi connectivity index (χ2n) is 4.51. The van der Waals surface area contributed by atoms with Crippen LogP contribution in [0.15, 0.2) is 24.3 Å². The fraction of sp³-hybridized carbons (Fsp3) is 0.333. The molecule has 0 bridgehead atoms. The number of ether oxygens (including phenoxy) is 1. The number of hydrogen-bond acceptors (Lipinski definition) is 2. The van der Waals surface area contributed by atoms with E-state index in [1.54, 1.807) is 18.4 Å². The number of aryl methyl sites for hydroxylation is 3. The van der Waals surface area contributed by atoms with Crippen molar-refractivity contribution in [2.45, 2.75) is 26.1 Å². The minimum Gasteiger partial charge on any atom is -0.496 e. The largest absolute Gasteiger partial charge is 0.496 e. The molecule has 0 amide bonds. The van der Waals surface area contributed by atoms with Gasteiger partial charge in [-0.05, 0) is 38.5 Å². The van der Waals surface area contributed by atoms with Gasteiger partial charge < -0.3 is 4.74 Å². The van der Waals surface area contributed by atoms with Crippen LogP contribution in [0.5, 0.6) is 5.75 Å². The molecular formula is C15H17ClOS. The second-order valence-corrected chi connectivity index (χ2v) is 6.24. The molecule has 3 heteroatoms. The molecule has 2 aromatic rings. The minimum absolute atomic E-state index is 0.140. The smallest absolute Gasteiger partial charge is 0.123 e. The number of hydrogen-bond donors (Lipinski definition) is 0. The third-order valence-electron chi connectivity index (χ3n) is 2.97. The molecule has 1 atom stereocenters. The molecule has 0 saturated heterocycles. The number of thiophene rings is 1. The van der Waals surface area contributed by atoms with Crippen LogP contribution in [0.3, 0.4) is 0 Å². The summed E-state index contributed by atoms with van der Waals surface area (Å²) in [6, 6.07) is 8.30. The number of methoxy groups -OCH3 is 1. The lowest BCUT2D eigenvalue weighted by Crippen LogP contribution is -1.97. The Hall–Kier alpha value is -0.990. The first-order chi connectivity index (χ1) is 8.52. The first-order valence-electron chi connectivity index (χ1n) is 5.88. The molecule has 0 spiro atoms. The molecule has 0 aliphatic rings. The third-order valence-corrected chi connectivity index (χ3v) is 4.77. The van der Waals surface area contributed by atoms with Gasteiger partial charge >= 0.3 is 0 Å². The fourth-order valence-corrected chi connectivity index (χ4v) is 3.61. The average Bonchev–Trinajstić information content (AvgIpc) is 2.67. The predicted molar refractivity (Wildman–Crippen MR) is 79.2 cm³/mol. The van der Waals surface area contributed by atoms with Gasteiger partial charge in [0.1, 0.15) is 5.75 Å². The molecule has 0 N–H and O–H groups in total. The predicted octanol–water partition coefficient (Wildman–Crippen LogP) is 5.01. The maximum atomic E-state index is 6.64. The van der Waals surface area contributed by atoms with Crippen LogP contribution in [0.1, 0.15) is 31.8 Å². The van der Waals surface area contributed by atoms with E-state index in [1.165, 1.54) is 20.9 Å². The van der Waals surface area contributed by atoms with Gasteiger partial charge in [-0.25, -0.2) is 0 Å². The Kier molecular flexibility index (Phi) is 3.98. The lowest BCUT2D eigenvalue weighted by atomic mass is 10.0. The van der Waals surface area contributed by atoms with Crippen LogP contribution in [0, 0.1) is 20.8 Å². The minimum atomic E-state index is -0.140. The van der Waals surface area contributed by atoms with Crippen LogP contribution in [0.4, 0.5) is 0 Å². The van der Waals surface area contributed by atoms with Crippen molar-refractivity contribution in [3.05, 3.63) is 50.7 Å². The summed E-state index contributed by atoms with van der Waals surface area (Å²) >= 11 is 8.39. The van der Waals surface area contributed by atoms with Gasteiger partial charge in [0.05, 0.1) is 12.5 Å². The first kappa shape index (κ1) is 13.4. The van der Waals surface area contributed by atoms with Crippen LogP contribution < -0.4 is 4.74 Å². The normalized spacial score (nSPS) is 12.5. The maximum Gasteiger partial charge on any atom is 0.123 e. The molecule has 1 aromatic heterocycles. The molecule has 0 aliphatic heterocycles. The summed E-state index contributed by atoms with van der Waals surface area (Å²) in [4.78, 5) is 2.50. The van der Waals surface area contributed by atoms with Gasteiger partial charge in [-0.15, -0.1) is 22.9 Å². The topological polar surface area (TPSA) is 9.23 Å². The molecular weight excluding hydrogens is 264 g/mol. The van der Waals surface area contributed by atoms with Gasteiger partial charge in [0, 0.05) is 15.3 Å². The van der Waals surface area contributed by atoms with Crippen molar-refractivity contribution < 1.29 is 4.74 Å². The van der Waals surface area contributed by atoms with Crippen LogP contribution in [-0.4, -0.2) is 7.11 Å². The Bertz CT molecular complexity index is 560. The van der Waals surface area contributed by atoms with E-state index in [1.807, 2.05) is 12.1 Å². The monoisotopic (exact) mass is 280 g/mol. The summed E-state index contributed by atoms with van der Waals surface area (Å²) in [6.07, 6.45) is 0. The molecule has 0 saturated carbocycles. The van der Waals surface area contributed by atoms with E-state index in [2.05, 4.69) is 32.9 Å². The maximum absolute atomic E-state index is 6.64. The van der Waals surface area contributed by atoms with Crippen molar-refractivity contribution in [3.63, 3.8) is 0 Å². The SMILES string of the molecule is COc1ccc(C)cc1C(Cl)c1sc(C)cc1C. The lowest BCUT2D eigenvalue weighted by Gasteiger charge is -2.14.